The number of rotatable bonds is 4. The Hall–Kier alpha value is -2.69. The Kier molecular flexibility index (Phi) is 3.79. The fourth-order valence-corrected chi connectivity index (χ4v) is 1.76. The first-order valence-corrected chi connectivity index (χ1v) is 6.01. The molecule has 0 aliphatic heterocycles. The van der Waals surface area contributed by atoms with E-state index in [0.717, 1.165) is 5.56 Å². The maximum atomic E-state index is 11.3. The first-order chi connectivity index (χ1) is 9.47. The molecule has 102 valence electrons. The van der Waals surface area contributed by atoms with Crippen molar-refractivity contribution in [1.82, 2.24) is 0 Å². The standard InChI is InChI=1S/C15H13NO4/c1-10-6-7-14(16(18)19)15(8-10)20-13-5-3-4-12(9-13)11(2)17/h3-9H,1-2H3. The summed E-state index contributed by atoms with van der Waals surface area (Å²) in [6.45, 7) is 3.27. The van der Waals surface area contributed by atoms with Crippen molar-refractivity contribution in [3.63, 3.8) is 0 Å². The van der Waals surface area contributed by atoms with Gasteiger partial charge in [-0.05, 0) is 37.6 Å². The molecule has 2 rings (SSSR count). The van der Waals surface area contributed by atoms with E-state index in [-0.39, 0.29) is 17.2 Å². The number of hydrogen-bond donors (Lipinski definition) is 0. The highest BCUT2D eigenvalue weighted by molar-refractivity contribution is 5.94. The predicted molar refractivity (Wildman–Crippen MR) is 74.4 cm³/mol. The van der Waals surface area contributed by atoms with Gasteiger partial charge < -0.3 is 4.74 Å². The molecule has 20 heavy (non-hydrogen) atoms. The average molecular weight is 271 g/mol. The number of Topliss-reactive ketones (excluding diaryl/α,β-unsaturated/α-hetero) is 1. The van der Waals surface area contributed by atoms with Gasteiger partial charge in [-0.25, -0.2) is 0 Å². The zero-order chi connectivity index (χ0) is 14.7. The second-order valence-electron chi connectivity index (χ2n) is 4.41. The van der Waals surface area contributed by atoms with E-state index in [1.54, 1.807) is 36.4 Å². The Balaban J connectivity index is 2.39. The van der Waals surface area contributed by atoms with Gasteiger partial charge in [-0.15, -0.1) is 0 Å². The van der Waals surface area contributed by atoms with E-state index in [9.17, 15) is 14.9 Å². The van der Waals surface area contributed by atoms with Crippen LogP contribution in [0.4, 0.5) is 5.69 Å². The van der Waals surface area contributed by atoms with Crippen LogP contribution in [0.5, 0.6) is 11.5 Å². The normalized spacial score (nSPS) is 10.1. The summed E-state index contributed by atoms with van der Waals surface area (Å²) in [5, 5.41) is 11.0. The number of ether oxygens (including phenoxy) is 1. The van der Waals surface area contributed by atoms with E-state index in [0.29, 0.717) is 11.3 Å². The van der Waals surface area contributed by atoms with Crippen LogP contribution in [0.2, 0.25) is 0 Å². The maximum Gasteiger partial charge on any atom is 0.311 e. The number of nitro groups is 1. The number of nitro benzene ring substituents is 1. The van der Waals surface area contributed by atoms with E-state index in [2.05, 4.69) is 0 Å². The Morgan fingerprint density at radius 3 is 2.60 bits per heavy atom. The lowest BCUT2D eigenvalue weighted by Crippen LogP contribution is -1.96. The van der Waals surface area contributed by atoms with Gasteiger partial charge in [0.2, 0.25) is 5.75 Å². The van der Waals surface area contributed by atoms with E-state index < -0.39 is 4.92 Å². The smallest absolute Gasteiger partial charge is 0.311 e. The Bertz CT molecular complexity index is 679. The Morgan fingerprint density at radius 2 is 1.95 bits per heavy atom. The topological polar surface area (TPSA) is 69.4 Å². The lowest BCUT2D eigenvalue weighted by molar-refractivity contribution is -0.385. The summed E-state index contributed by atoms with van der Waals surface area (Å²) in [6.07, 6.45) is 0. The minimum Gasteiger partial charge on any atom is -0.450 e. The Labute approximate surface area is 116 Å². The number of benzene rings is 2. The Morgan fingerprint density at radius 1 is 1.20 bits per heavy atom. The third-order valence-electron chi connectivity index (χ3n) is 2.78. The lowest BCUT2D eigenvalue weighted by Gasteiger charge is -2.08. The van der Waals surface area contributed by atoms with E-state index in [4.69, 9.17) is 4.74 Å². The maximum absolute atomic E-state index is 11.3. The van der Waals surface area contributed by atoms with Crippen LogP contribution in [-0.4, -0.2) is 10.7 Å². The van der Waals surface area contributed by atoms with Gasteiger partial charge in [-0.3, -0.25) is 14.9 Å². The van der Waals surface area contributed by atoms with Crippen LogP contribution in [0.25, 0.3) is 0 Å². The van der Waals surface area contributed by atoms with Crippen molar-refractivity contribution in [2.75, 3.05) is 0 Å². The molecule has 0 saturated heterocycles. The van der Waals surface area contributed by atoms with Gasteiger partial charge in [-0.2, -0.15) is 0 Å². The molecule has 0 radical (unpaired) electrons. The van der Waals surface area contributed by atoms with Gasteiger partial charge in [0, 0.05) is 11.6 Å². The predicted octanol–water partition coefficient (Wildman–Crippen LogP) is 3.90. The van der Waals surface area contributed by atoms with Crippen LogP contribution >= 0.6 is 0 Å². The molecule has 0 atom stereocenters. The molecule has 0 spiro atoms. The molecule has 2 aromatic rings. The van der Waals surface area contributed by atoms with Crippen LogP contribution in [0.1, 0.15) is 22.8 Å². The number of hydrogen-bond acceptors (Lipinski definition) is 4. The quantitative estimate of drug-likeness (QED) is 0.480. The minimum absolute atomic E-state index is 0.0887. The van der Waals surface area contributed by atoms with E-state index >= 15 is 0 Å². The van der Waals surface area contributed by atoms with Gasteiger partial charge >= 0.3 is 5.69 Å². The summed E-state index contributed by atoms with van der Waals surface area (Å²) < 4.78 is 5.55. The third-order valence-corrected chi connectivity index (χ3v) is 2.78. The van der Waals surface area contributed by atoms with E-state index in [1.165, 1.54) is 13.0 Å². The van der Waals surface area contributed by atoms with Gasteiger partial charge in [0.25, 0.3) is 0 Å². The molecule has 5 heteroatoms. The lowest BCUT2D eigenvalue weighted by atomic mass is 10.1. The zero-order valence-corrected chi connectivity index (χ0v) is 11.1. The van der Waals surface area contributed by atoms with Gasteiger partial charge in [-0.1, -0.05) is 18.2 Å². The van der Waals surface area contributed by atoms with Crippen molar-refractivity contribution in [3.8, 4) is 11.5 Å². The second kappa shape index (κ2) is 5.52. The minimum atomic E-state index is -0.496. The molecular weight excluding hydrogens is 258 g/mol. The first-order valence-electron chi connectivity index (χ1n) is 6.01. The molecule has 2 aromatic carbocycles. The average Bonchev–Trinajstić information content (AvgIpc) is 2.38. The molecule has 0 fully saturated rings. The second-order valence-corrected chi connectivity index (χ2v) is 4.41. The third kappa shape index (κ3) is 3.00. The van der Waals surface area contributed by atoms with Gasteiger partial charge in [0.05, 0.1) is 4.92 Å². The fourth-order valence-electron chi connectivity index (χ4n) is 1.76. The van der Waals surface area contributed by atoms with Crippen molar-refractivity contribution < 1.29 is 14.5 Å². The van der Waals surface area contributed by atoms with Gasteiger partial charge in [0.15, 0.2) is 5.78 Å². The summed E-state index contributed by atoms with van der Waals surface area (Å²) in [5.41, 5.74) is 1.25. The van der Waals surface area contributed by atoms with Crippen molar-refractivity contribution in [1.29, 1.82) is 0 Å². The highest BCUT2D eigenvalue weighted by atomic mass is 16.6. The monoisotopic (exact) mass is 271 g/mol. The summed E-state index contributed by atoms with van der Waals surface area (Å²) in [7, 11) is 0. The molecule has 0 aliphatic rings. The molecule has 0 unspecified atom stereocenters. The number of carbonyl (C=O) groups excluding carboxylic acids is 1. The molecule has 0 saturated carbocycles. The summed E-state index contributed by atoms with van der Waals surface area (Å²) in [5.74, 6) is 0.469. The van der Waals surface area contributed by atoms with Crippen LogP contribution in [0.3, 0.4) is 0 Å². The summed E-state index contributed by atoms with van der Waals surface area (Å²) in [6, 6.07) is 11.2. The highest BCUT2D eigenvalue weighted by Gasteiger charge is 2.16. The molecule has 0 N–H and O–H groups in total. The van der Waals surface area contributed by atoms with E-state index in [1.807, 2.05) is 6.92 Å². The highest BCUT2D eigenvalue weighted by Crippen LogP contribution is 2.32. The molecule has 0 heterocycles. The molecule has 0 aliphatic carbocycles. The van der Waals surface area contributed by atoms with Crippen LogP contribution < -0.4 is 4.74 Å². The van der Waals surface area contributed by atoms with Crippen LogP contribution in [0, 0.1) is 17.0 Å². The summed E-state index contributed by atoms with van der Waals surface area (Å²) >= 11 is 0. The number of nitrogens with zero attached hydrogens (tertiary/aromatic N) is 1. The van der Waals surface area contributed by atoms with Crippen LogP contribution in [-0.2, 0) is 0 Å². The largest absolute Gasteiger partial charge is 0.450 e. The van der Waals surface area contributed by atoms with Crippen molar-refractivity contribution in [2.45, 2.75) is 13.8 Å². The molecule has 0 bridgehead atoms. The first kappa shape index (κ1) is 13.7. The molecule has 0 amide bonds. The molecular formula is C15H13NO4. The van der Waals surface area contributed by atoms with Crippen molar-refractivity contribution in [2.24, 2.45) is 0 Å². The molecule has 5 nitrogen and oxygen atoms in total. The fraction of sp³-hybridized carbons (Fsp3) is 0.133. The number of carbonyl (C=O) groups is 1. The number of aryl methyl sites for hydroxylation is 1. The van der Waals surface area contributed by atoms with Gasteiger partial charge in [0.1, 0.15) is 5.75 Å². The summed E-state index contributed by atoms with van der Waals surface area (Å²) in [4.78, 5) is 21.8. The van der Waals surface area contributed by atoms with Crippen molar-refractivity contribution >= 4 is 11.5 Å². The SMILES string of the molecule is CC(=O)c1cccc(Oc2cc(C)ccc2[N+](=O)[O-])c1. The number of ketones is 1. The zero-order valence-electron chi connectivity index (χ0n) is 11.1. The molecule has 0 aromatic heterocycles. The van der Waals surface area contributed by atoms with Crippen LogP contribution in [0.15, 0.2) is 42.5 Å². The van der Waals surface area contributed by atoms with Crippen molar-refractivity contribution in [3.05, 3.63) is 63.7 Å².